The number of hydrogen-bond acceptors (Lipinski definition) is 5. The largest absolute Gasteiger partial charge is 0.281 e. The predicted molar refractivity (Wildman–Crippen MR) is 119 cm³/mol. The van der Waals surface area contributed by atoms with Gasteiger partial charge in [-0.3, -0.25) is 15.0 Å². The van der Waals surface area contributed by atoms with Crippen LogP contribution >= 0.6 is 22.7 Å². The van der Waals surface area contributed by atoms with Gasteiger partial charge in [0.15, 0.2) is 0 Å². The fourth-order valence-corrected chi connectivity index (χ4v) is 5.05. The Labute approximate surface area is 173 Å². The standard InChI is InChI=1S/C22H15N3O2S2/c26-19(11-14-7-8-15-4-1-2-5-16(15)10-14)24-25-13-23-21-20(22(25)27)17(12-29-21)18-6-3-9-28-18/h1-10,12-13H,11H2,(H,24,26). The van der Waals surface area contributed by atoms with E-state index in [4.69, 9.17) is 0 Å². The zero-order valence-electron chi connectivity index (χ0n) is 15.2. The van der Waals surface area contributed by atoms with E-state index in [-0.39, 0.29) is 17.9 Å². The van der Waals surface area contributed by atoms with Crippen molar-refractivity contribution >= 4 is 49.6 Å². The molecule has 2 aromatic carbocycles. The molecule has 0 unspecified atom stereocenters. The quantitative estimate of drug-likeness (QED) is 0.463. The van der Waals surface area contributed by atoms with Gasteiger partial charge < -0.3 is 0 Å². The lowest BCUT2D eigenvalue weighted by atomic mass is 10.1. The molecule has 0 bridgehead atoms. The van der Waals surface area contributed by atoms with Crippen molar-refractivity contribution in [2.75, 3.05) is 5.43 Å². The summed E-state index contributed by atoms with van der Waals surface area (Å²) in [5.74, 6) is -0.267. The molecule has 0 fully saturated rings. The molecule has 1 amide bonds. The van der Waals surface area contributed by atoms with E-state index in [1.165, 1.54) is 22.3 Å². The zero-order valence-corrected chi connectivity index (χ0v) is 16.8. The van der Waals surface area contributed by atoms with E-state index in [2.05, 4.69) is 10.4 Å². The molecular weight excluding hydrogens is 402 g/mol. The Hall–Kier alpha value is -3.29. The normalized spacial score (nSPS) is 11.2. The minimum atomic E-state index is -0.272. The molecule has 29 heavy (non-hydrogen) atoms. The van der Waals surface area contributed by atoms with Gasteiger partial charge >= 0.3 is 0 Å². The average molecular weight is 418 g/mol. The summed E-state index contributed by atoms with van der Waals surface area (Å²) >= 11 is 3.00. The number of benzene rings is 2. The van der Waals surface area contributed by atoms with Crippen molar-refractivity contribution in [3.63, 3.8) is 0 Å². The molecule has 5 nitrogen and oxygen atoms in total. The van der Waals surface area contributed by atoms with Crippen molar-refractivity contribution in [2.45, 2.75) is 6.42 Å². The second-order valence-electron chi connectivity index (χ2n) is 6.62. The van der Waals surface area contributed by atoms with E-state index >= 15 is 0 Å². The van der Waals surface area contributed by atoms with Gasteiger partial charge in [0.2, 0.25) is 5.91 Å². The topological polar surface area (TPSA) is 64.0 Å². The first-order valence-corrected chi connectivity index (χ1v) is 10.8. The molecule has 3 aromatic heterocycles. The molecule has 142 valence electrons. The van der Waals surface area contributed by atoms with Gasteiger partial charge in [0.05, 0.1) is 11.8 Å². The van der Waals surface area contributed by atoms with Crippen LogP contribution in [0.15, 0.2) is 76.5 Å². The number of fused-ring (bicyclic) bond motifs is 2. The van der Waals surface area contributed by atoms with E-state index in [0.29, 0.717) is 10.2 Å². The number of amides is 1. The average Bonchev–Trinajstić information content (AvgIpc) is 3.40. The van der Waals surface area contributed by atoms with Gasteiger partial charge in [-0.05, 0) is 27.8 Å². The Morgan fingerprint density at radius 2 is 1.90 bits per heavy atom. The second-order valence-corrected chi connectivity index (χ2v) is 8.43. The molecule has 1 N–H and O–H groups in total. The highest BCUT2D eigenvalue weighted by molar-refractivity contribution is 7.18. The maximum atomic E-state index is 13.0. The van der Waals surface area contributed by atoms with Crippen molar-refractivity contribution in [3.05, 3.63) is 87.6 Å². The number of aromatic nitrogens is 2. The molecule has 0 atom stereocenters. The van der Waals surface area contributed by atoms with Crippen LogP contribution in [0.5, 0.6) is 0 Å². The van der Waals surface area contributed by atoms with E-state index in [0.717, 1.165) is 26.8 Å². The molecule has 0 spiro atoms. The molecule has 7 heteroatoms. The Bertz CT molecular complexity index is 1400. The fourth-order valence-electron chi connectivity index (χ4n) is 3.33. The molecule has 0 aliphatic rings. The van der Waals surface area contributed by atoms with Gasteiger partial charge in [-0.1, -0.05) is 48.5 Å². The number of carbonyl (C=O) groups is 1. The SMILES string of the molecule is O=C(Cc1ccc2ccccc2c1)Nn1cnc2scc(-c3cccs3)c2c1=O. The van der Waals surface area contributed by atoms with Gasteiger partial charge in [-0.25, -0.2) is 9.66 Å². The minimum Gasteiger partial charge on any atom is -0.273 e. The number of rotatable bonds is 4. The van der Waals surface area contributed by atoms with Crippen LogP contribution in [0.4, 0.5) is 0 Å². The van der Waals surface area contributed by atoms with E-state index < -0.39 is 0 Å². The number of nitrogens with zero attached hydrogens (tertiary/aromatic N) is 2. The van der Waals surface area contributed by atoms with Crippen molar-refractivity contribution in [3.8, 4) is 10.4 Å². The molecule has 0 saturated carbocycles. The number of thiophene rings is 2. The van der Waals surface area contributed by atoms with Gasteiger partial charge in [-0.15, -0.1) is 22.7 Å². The third-order valence-corrected chi connectivity index (χ3v) is 6.49. The van der Waals surface area contributed by atoms with Crippen LogP contribution in [0.3, 0.4) is 0 Å². The Balaban J connectivity index is 1.43. The number of nitrogens with one attached hydrogen (secondary N) is 1. The smallest absolute Gasteiger partial charge is 0.273 e. The molecule has 0 radical (unpaired) electrons. The third kappa shape index (κ3) is 3.35. The zero-order chi connectivity index (χ0) is 19.8. The summed E-state index contributed by atoms with van der Waals surface area (Å²) in [4.78, 5) is 31.6. The molecular formula is C22H15N3O2S2. The summed E-state index contributed by atoms with van der Waals surface area (Å²) in [6.45, 7) is 0. The lowest BCUT2D eigenvalue weighted by molar-refractivity contribution is -0.116. The van der Waals surface area contributed by atoms with Crippen LogP contribution in [-0.4, -0.2) is 15.6 Å². The van der Waals surface area contributed by atoms with Crippen LogP contribution < -0.4 is 11.0 Å². The molecule has 5 rings (SSSR count). The first kappa shape index (κ1) is 17.8. The summed E-state index contributed by atoms with van der Waals surface area (Å²) in [6.07, 6.45) is 1.55. The van der Waals surface area contributed by atoms with E-state index in [9.17, 15) is 9.59 Å². The lowest BCUT2D eigenvalue weighted by Gasteiger charge is -2.09. The van der Waals surface area contributed by atoms with Crippen LogP contribution in [0.25, 0.3) is 31.4 Å². The third-order valence-electron chi connectivity index (χ3n) is 4.71. The Morgan fingerprint density at radius 1 is 1.03 bits per heavy atom. The first-order valence-electron chi connectivity index (χ1n) is 8.99. The van der Waals surface area contributed by atoms with Gasteiger partial charge in [0.25, 0.3) is 5.56 Å². The summed E-state index contributed by atoms with van der Waals surface area (Å²) in [5.41, 5.74) is 4.14. The highest BCUT2D eigenvalue weighted by Crippen LogP contribution is 2.33. The van der Waals surface area contributed by atoms with E-state index in [1.807, 2.05) is 65.4 Å². The first-order chi connectivity index (χ1) is 14.2. The summed E-state index contributed by atoms with van der Waals surface area (Å²) in [7, 11) is 0. The van der Waals surface area contributed by atoms with Gasteiger partial charge in [-0.2, -0.15) is 0 Å². The molecule has 0 aliphatic carbocycles. The Kier molecular flexibility index (Phi) is 4.46. The summed E-state index contributed by atoms with van der Waals surface area (Å²) in [6, 6.07) is 17.8. The Morgan fingerprint density at radius 3 is 2.72 bits per heavy atom. The second kappa shape index (κ2) is 7.27. The van der Waals surface area contributed by atoms with Crippen LogP contribution in [0, 0.1) is 0 Å². The number of hydrogen-bond donors (Lipinski definition) is 1. The highest BCUT2D eigenvalue weighted by atomic mass is 32.1. The molecule has 3 heterocycles. The van der Waals surface area contributed by atoms with Crippen LogP contribution in [0.1, 0.15) is 5.56 Å². The number of carbonyl (C=O) groups excluding carboxylic acids is 1. The fraction of sp³-hybridized carbons (Fsp3) is 0.0455. The molecule has 0 aliphatic heterocycles. The summed E-state index contributed by atoms with van der Waals surface area (Å²) < 4.78 is 1.18. The summed E-state index contributed by atoms with van der Waals surface area (Å²) in [5, 5.41) is 6.65. The van der Waals surface area contributed by atoms with Crippen molar-refractivity contribution in [2.24, 2.45) is 0 Å². The predicted octanol–water partition coefficient (Wildman–Crippen LogP) is 4.65. The minimum absolute atomic E-state index is 0.177. The van der Waals surface area contributed by atoms with Gasteiger partial charge in [0, 0.05) is 15.8 Å². The monoisotopic (exact) mass is 417 g/mol. The van der Waals surface area contributed by atoms with Crippen LogP contribution in [0.2, 0.25) is 0 Å². The van der Waals surface area contributed by atoms with Crippen molar-refractivity contribution < 1.29 is 4.79 Å². The van der Waals surface area contributed by atoms with Crippen molar-refractivity contribution in [1.82, 2.24) is 9.66 Å². The van der Waals surface area contributed by atoms with Crippen molar-refractivity contribution in [1.29, 1.82) is 0 Å². The van der Waals surface area contributed by atoms with E-state index in [1.54, 1.807) is 11.3 Å². The molecule has 0 saturated heterocycles. The van der Waals surface area contributed by atoms with Gasteiger partial charge in [0.1, 0.15) is 11.2 Å². The maximum Gasteiger partial charge on any atom is 0.281 e. The lowest BCUT2D eigenvalue weighted by Crippen LogP contribution is -2.33. The maximum absolute atomic E-state index is 13.0. The van der Waals surface area contributed by atoms with Crippen LogP contribution in [-0.2, 0) is 11.2 Å². The molecule has 5 aromatic rings. The highest BCUT2D eigenvalue weighted by Gasteiger charge is 2.15.